The number of nitrogens with two attached hydrogens (primary N) is 1. The summed E-state index contributed by atoms with van der Waals surface area (Å²) in [7, 11) is 0. The summed E-state index contributed by atoms with van der Waals surface area (Å²) < 4.78 is 13.1. The Balaban J connectivity index is 1.83. The Morgan fingerprint density at radius 2 is 2.00 bits per heavy atom. The summed E-state index contributed by atoms with van der Waals surface area (Å²) >= 11 is 6.12. The topological polar surface area (TPSA) is 26.0 Å². The SMILES string of the molecule is NC1c2ccccc2CCC1Cc1ccc(F)cc1Cl. The number of halogens is 2. The predicted molar refractivity (Wildman–Crippen MR) is 80.3 cm³/mol. The van der Waals surface area contributed by atoms with E-state index in [1.807, 2.05) is 6.07 Å². The molecular formula is C17H17ClFN. The van der Waals surface area contributed by atoms with Crippen LogP contribution in [0.1, 0.15) is 29.2 Å². The average molecular weight is 290 g/mol. The van der Waals surface area contributed by atoms with Crippen LogP contribution < -0.4 is 5.73 Å². The second kappa shape index (κ2) is 5.55. The highest BCUT2D eigenvalue weighted by atomic mass is 35.5. The molecule has 0 spiro atoms. The van der Waals surface area contributed by atoms with E-state index in [1.54, 1.807) is 6.07 Å². The van der Waals surface area contributed by atoms with Gasteiger partial charge in [-0.25, -0.2) is 4.39 Å². The fourth-order valence-electron chi connectivity index (χ4n) is 3.06. The molecule has 0 aliphatic heterocycles. The summed E-state index contributed by atoms with van der Waals surface area (Å²) in [6.45, 7) is 0. The third-order valence-electron chi connectivity index (χ3n) is 4.20. The summed E-state index contributed by atoms with van der Waals surface area (Å²) in [5, 5.41) is 0.496. The molecule has 2 unspecified atom stereocenters. The van der Waals surface area contributed by atoms with Crippen molar-refractivity contribution in [2.45, 2.75) is 25.3 Å². The fourth-order valence-corrected chi connectivity index (χ4v) is 3.30. The molecule has 1 aliphatic rings. The molecule has 2 aromatic rings. The van der Waals surface area contributed by atoms with Gasteiger partial charge in [0.25, 0.3) is 0 Å². The molecule has 2 atom stereocenters. The Labute approximate surface area is 123 Å². The van der Waals surface area contributed by atoms with Crippen molar-refractivity contribution >= 4 is 11.6 Å². The van der Waals surface area contributed by atoms with Gasteiger partial charge in [0.2, 0.25) is 0 Å². The highest BCUT2D eigenvalue weighted by molar-refractivity contribution is 6.31. The molecule has 0 saturated carbocycles. The molecule has 20 heavy (non-hydrogen) atoms. The summed E-state index contributed by atoms with van der Waals surface area (Å²) in [6.07, 6.45) is 2.90. The molecule has 0 amide bonds. The number of fused-ring (bicyclic) bond motifs is 1. The monoisotopic (exact) mass is 289 g/mol. The zero-order chi connectivity index (χ0) is 14.1. The van der Waals surface area contributed by atoms with Crippen molar-refractivity contribution in [1.82, 2.24) is 0 Å². The first kappa shape index (κ1) is 13.6. The van der Waals surface area contributed by atoms with E-state index in [2.05, 4.69) is 18.2 Å². The molecule has 3 rings (SSSR count). The summed E-state index contributed by atoms with van der Waals surface area (Å²) in [6, 6.07) is 13.0. The number of benzene rings is 2. The first-order chi connectivity index (χ1) is 9.65. The fraction of sp³-hybridized carbons (Fsp3) is 0.294. The van der Waals surface area contributed by atoms with Crippen LogP contribution in [0.2, 0.25) is 5.02 Å². The minimum Gasteiger partial charge on any atom is -0.324 e. The van der Waals surface area contributed by atoms with E-state index in [0.29, 0.717) is 10.9 Å². The Kier molecular flexibility index (Phi) is 3.77. The molecule has 0 heterocycles. The van der Waals surface area contributed by atoms with Crippen molar-refractivity contribution in [3.63, 3.8) is 0 Å². The zero-order valence-electron chi connectivity index (χ0n) is 11.2. The van der Waals surface area contributed by atoms with Crippen molar-refractivity contribution in [3.8, 4) is 0 Å². The van der Waals surface area contributed by atoms with Crippen LogP contribution in [0.4, 0.5) is 4.39 Å². The minimum atomic E-state index is -0.294. The van der Waals surface area contributed by atoms with E-state index in [0.717, 1.165) is 24.8 Å². The number of hydrogen-bond acceptors (Lipinski definition) is 1. The maximum atomic E-state index is 13.1. The van der Waals surface area contributed by atoms with E-state index in [-0.39, 0.29) is 11.9 Å². The zero-order valence-corrected chi connectivity index (χ0v) is 11.9. The van der Waals surface area contributed by atoms with Gasteiger partial charge < -0.3 is 5.73 Å². The molecule has 2 aromatic carbocycles. The van der Waals surface area contributed by atoms with Gasteiger partial charge in [0.1, 0.15) is 5.82 Å². The van der Waals surface area contributed by atoms with Crippen molar-refractivity contribution < 1.29 is 4.39 Å². The smallest absolute Gasteiger partial charge is 0.124 e. The van der Waals surface area contributed by atoms with Gasteiger partial charge >= 0.3 is 0 Å². The number of hydrogen-bond donors (Lipinski definition) is 1. The highest BCUT2D eigenvalue weighted by Crippen LogP contribution is 2.35. The quantitative estimate of drug-likeness (QED) is 0.877. The molecule has 0 bridgehead atoms. The van der Waals surface area contributed by atoms with Crippen molar-refractivity contribution in [3.05, 3.63) is 70.0 Å². The average Bonchev–Trinajstić information content (AvgIpc) is 2.45. The second-order valence-electron chi connectivity index (χ2n) is 5.46. The summed E-state index contributed by atoms with van der Waals surface area (Å²) in [5.41, 5.74) is 9.97. The third kappa shape index (κ3) is 2.58. The minimum absolute atomic E-state index is 0.0288. The summed E-state index contributed by atoms with van der Waals surface area (Å²) in [5.74, 6) is 0.0601. The Morgan fingerprint density at radius 1 is 1.20 bits per heavy atom. The van der Waals surface area contributed by atoms with Gasteiger partial charge in [-0.1, -0.05) is 41.9 Å². The molecule has 0 saturated heterocycles. The maximum absolute atomic E-state index is 13.1. The molecule has 104 valence electrons. The first-order valence-electron chi connectivity index (χ1n) is 6.92. The maximum Gasteiger partial charge on any atom is 0.124 e. The Bertz CT molecular complexity index is 626. The lowest BCUT2D eigenvalue weighted by molar-refractivity contribution is 0.376. The van der Waals surface area contributed by atoms with Crippen LogP contribution in [0.5, 0.6) is 0 Å². The van der Waals surface area contributed by atoms with Crippen LogP contribution >= 0.6 is 11.6 Å². The van der Waals surface area contributed by atoms with Crippen LogP contribution in [0.3, 0.4) is 0 Å². The van der Waals surface area contributed by atoms with E-state index in [1.165, 1.54) is 23.3 Å². The van der Waals surface area contributed by atoms with Crippen molar-refractivity contribution in [2.24, 2.45) is 11.7 Å². The van der Waals surface area contributed by atoms with Crippen molar-refractivity contribution in [2.75, 3.05) is 0 Å². The van der Waals surface area contributed by atoms with Crippen LogP contribution in [-0.2, 0) is 12.8 Å². The van der Waals surface area contributed by atoms with Gasteiger partial charge in [-0.3, -0.25) is 0 Å². The molecular weight excluding hydrogens is 273 g/mol. The van der Waals surface area contributed by atoms with Gasteiger partial charge in [-0.15, -0.1) is 0 Å². The number of aryl methyl sites for hydroxylation is 1. The lowest BCUT2D eigenvalue weighted by Crippen LogP contribution is -2.28. The summed E-state index contributed by atoms with van der Waals surface area (Å²) in [4.78, 5) is 0. The van der Waals surface area contributed by atoms with Crippen LogP contribution in [0, 0.1) is 11.7 Å². The molecule has 3 heteroatoms. The van der Waals surface area contributed by atoms with Gasteiger partial charge in [-0.05, 0) is 54.0 Å². The molecule has 0 radical (unpaired) electrons. The first-order valence-corrected chi connectivity index (χ1v) is 7.30. The standard InChI is InChI=1S/C17H17ClFN/c18-16-10-14(19)8-7-12(16)9-13-6-5-11-3-1-2-4-15(11)17(13)20/h1-4,7-8,10,13,17H,5-6,9,20H2. The van der Waals surface area contributed by atoms with E-state index < -0.39 is 0 Å². The molecule has 0 fully saturated rings. The van der Waals surface area contributed by atoms with E-state index >= 15 is 0 Å². The third-order valence-corrected chi connectivity index (χ3v) is 4.56. The van der Waals surface area contributed by atoms with Crippen LogP contribution in [-0.4, -0.2) is 0 Å². The Morgan fingerprint density at radius 3 is 2.80 bits per heavy atom. The van der Waals surface area contributed by atoms with Gasteiger partial charge in [0.05, 0.1) is 0 Å². The molecule has 1 nitrogen and oxygen atoms in total. The predicted octanol–water partition coefficient (Wildman–Crippen LogP) is 4.28. The van der Waals surface area contributed by atoms with Gasteiger partial charge in [0.15, 0.2) is 0 Å². The van der Waals surface area contributed by atoms with Gasteiger partial charge in [-0.2, -0.15) is 0 Å². The molecule has 0 aromatic heterocycles. The lowest BCUT2D eigenvalue weighted by atomic mass is 9.77. The lowest BCUT2D eigenvalue weighted by Gasteiger charge is -2.31. The highest BCUT2D eigenvalue weighted by Gasteiger charge is 2.26. The van der Waals surface area contributed by atoms with Gasteiger partial charge in [0, 0.05) is 11.1 Å². The normalized spacial score (nSPS) is 21.6. The largest absolute Gasteiger partial charge is 0.324 e. The van der Waals surface area contributed by atoms with E-state index in [9.17, 15) is 4.39 Å². The molecule has 1 aliphatic carbocycles. The van der Waals surface area contributed by atoms with Crippen molar-refractivity contribution in [1.29, 1.82) is 0 Å². The Hall–Kier alpha value is -1.38. The second-order valence-corrected chi connectivity index (χ2v) is 5.87. The van der Waals surface area contributed by atoms with Crippen LogP contribution in [0.15, 0.2) is 42.5 Å². The van der Waals surface area contributed by atoms with E-state index in [4.69, 9.17) is 17.3 Å². The van der Waals surface area contributed by atoms with Crippen LogP contribution in [0.25, 0.3) is 0 Å². The molecule has 2 N–H and O–H groups in total. The number of rotatable bonds is 2.